The smallest absolute Gasteiger partial charge is 0.321 e. The van der Waals surface area contributed by atoms with Crippen LogP contribution in [0.3, 0.4) is 0 Å². The number of aliphatic hydroxyl groups excluding tert-OH is 1. The third kappa shape index (κ3) is 4.46. The predicted octanol–water partition coefficient (Wildman–Crippen LogP) is 1.04. The fraction of sp³-hybridized carbons (Fsp3) is 0.467. The molecule has 1 aromatic carbocycles. The first kappa shape index (κ1) is 15.3. The van der Waals surface area contributed by atoms with Crippen LogP contribution in [-0.4, -0.2) is 48.2 Å². The van der Waals surface area contributed by atoms with Crippen LogP contribution < -0.4 is 10.6 Å². The van der Waals surface area contributed by atoms with Gasteiger partial charge in [0, 0.05) is 31.2 Å². The second-order valence-corrected chi connectivity index (χ2v) is 5.07. The number of carbonyl (C=O) groups excluding carboxylic acids is 2. The fourth-order valence-electron chi connectivity index (χ4n) is 2.39. The molecule has 3 N–H and O–H groups in total. The van der Waals surface area contributed by atoms with E-state index in [4.69, 9.17) is 5.11 Å². The third-order valence-corrected chi connectivity index (χ3v) is 3.59. The quantitative estimate of drug-likeness (QED) is 0.775. The van der Waals surface area contributed by atoms with Crippen LogP contribution in [0.2, 0.25) is 0 Å². The molecule has 0 atom stereocenters. The van der Waals surface area contributed by atoms with Crippen molar-refractivity contribution in [2.24, 2.45) is 5.92 Å². The van der Waals surface area contributed by atoms with Crippen molar-refractivity contribution in [2.75, 3.05) is 31.6 Å². The summed E-state index contributed by atoms with van der Waals surface area (Å²) in [7, 11) is 0. The Morgan fingerprint density at radius 2 is 1.86 bits per heavy atom. The summed E-state index contributed by atoms with van der Waals surface area (Å²) in [6.07, 6.45) is 1.30. The minimum absolute atomic E-state index is 0.0350. The van der Waals surface area contributed by atoms with E-state index in [-0.39, 0.29) is 31.0 Å². The molecule has 0 unspecified atom stereocenters. The van der Waals surface area contributed by atoms with Gasteiger partial charge in [0.05, 0.1) is 6.61 Å². The number of nitrogens with zero attached hydrogens (tertiary/aromatic N) is 1. The topological polar surface area (TPSA) is 81.7 Å². The van der Waals surface area contributed by atoms with Gasteiger partial charge in [-0.2, -0.15) is 0 Å². The minimum Gasteiger partial charge on any atom is -0.395 e. The molecular formula is C15H21N3O3. The fourth-order valence-corrected chi connectivity index (χ4v) is 2.39. The highest BCUT2D eigenvalue weighted by molar-refractivity contribution is 5.89. The number of hydrogen-bond donors (Lipinski definition) is 3. The Bertz CT molecular complexity index is 470. The van der Waals surface area contributed by atoms with Crippen LogP contribution in [0.5, 0.6) is 0 Å². The van der Waals surface area contributed by atoms with Gasteiger partial charge in [-0.3, -0.25) is 4.79 Å². The zero-order valence-corrected chi connectivity index (χ0v) is 11.9. The van der Waals surface area contributed by atoms with Gasteiger partial charge in [-0.1, -0.05) is 18.2 Å². The number of aliphatic hydroxyl groups is 1. The number of anilines is 1. The molecule has 0 radical (unpaired) electrons. The molecule has 0 aromatic heterocycles. The standard InChI is InChI=1S/C15H21N3O3/c19-11-8-16-14(20)12-6-9-18(10-7-12)15(21)17-13-4-2-1-3-5-13/h1-5,12,19H,6-11H2,(H,16,20)(H,17,21). The largest absolute Gasteiger partial charge is 0.395 e. The molecule has 6 nitrogen and oxygen atoms in total. The van der Waals surface area contributed by atoms with E-state index in [1.54, 1.807) is 4.90 Å². The van der Waals surface area contributed by atoms with Gasteiger partial charge >= 0.3 is 6.03 Å². The molecule has 3 amide bonds. The summed E-state index contributed by atoms with van der Waals surface area (Å²) in [6.45, 7) is 1.36. The van der Waals surface area contributed by atoms with E-state index >= 15 is 0 Å². The summed E-state index contributed by atoms with van der Waals surface area (Å²) in [4.78, 5) is 25.6. The number of para-hydroxylation sites is 1. The normalized spacial score (nSPS) is 15.6. The van der Waals surface area contributed by atoms with E-state index in [9.17, 15) is 9.59 Å². The number of benzene rings is 1. The van der Waals surface area contributed by atoms with Gasteiger partial charge in [0.15, 0.2) is 0 Å². The number of likely N-dealkylation sites (tertiary alicyclic amines) is 1. The molecule has 1 aliphatic heterocycles. The van der Waals surface area contributed by atoms with E-state index in [0.717, 1.165) is 5.69 Å². The molecule has 1 fully saturated rings. The first-order valence-electron chi connectivity index (χ1n) is 7.20. The molecule has 2 rings (SSSR count). The highest BCUT2D eigenvalue weighted by atomic mass is 16.3. The number of nitrogens with one attached hydrogen (secondary N) is 2. The lowest BCUT2D eigenvalue weighted by atomic mass is 9.96. The van der Waals surface area contributed by atoms with Crippen molar-refractivity contribution < 1.29 is 14.7 Å². The van der Waals surface area contributed by atoms with Crippen molar-refractivity contribution in [3.8, 4) is 0 Å². The van der Waals surface area contributed by atoms with Crippen LogP contribution in [0.4, 0.5) is 10.5 Å². The number of hydrogen-bond acceptors (Lipinski definition) is 3. The zero-order valence-electron chi connectivity index (χ0n) is 11.9. The van der Waals surface area contributed by atoms with Gasteiger partial charge in [-0.15, -0.1) is 0 Å². The molecule has 0 bridgehead atoms. The summed E-state index contributed by atoms with van der Waals surface area (Å²) in [6, 6.07) is 9.18. The van der Waals surface area contributed by atoms with Crippen LogP contribution in [0, 0.1) is 5.92 Å². The molecule has 114 valence electrons. The first-order chi connectivity index (χ1) is 10.2. The van der Waals surface area contributed by atoms with Crippen molar-refractivity contribution in [2.45, 2.75) is 12.8 Å². The van der Waals surface area contributed by atoms with Crippen LogP contribution in [0.25, 0.3) is 0 Å². The Kier molecular flexibility index (Phi) is 5.57. The second kappa shape index (κ2) is 7.64. The Morgan fingerprint density at radius 3 is 2.48 bits per heavy atom. The zero-order chi connectivity index (χ0) is 15.1. The van der Waals surface area contributed by atoms with Gasteiger partial charge in [0.1, 0.15) is 0 Å². The Morgan fingerprint density at radius 1 is 1.19 bits per heavy atom. The number of amides is 3. The van der Waals surface area contributed by atoms with Gasteiger partial charge in [0.25, 0.3) is 0 Å². The van der Waals surface area contributed by atoms with Crippen molar-refractivity contribution in [1.82, 2.24) is 10.2 Å². The second-order valence-electron chi connectivity index (χ2n) is 5.07. The van der Waals surface area contributed by atoms with Gasteiger partial charge in [0.2, 0.25) is 5.91 Å². The predicted molar refractivity (Wildman–Crippen MR) is 79.9 cm³/mol. The Labute approximate surface area is 124 Å². The maximum atomic E-state index is 12.1. The van der Waals surface area contributed by atoms with Crippen molar-refractivity contribution in [3.05, 3.63) is 30.3 Å². The van der Waals surface area contributed by atoms with Crippen LogP contribution in [0.15, 0.2) is 30.3 Å². The van der Waals surface area contributed by atoms with E-state index in [0.29, 0.717) is 25.9 Å². The van der Waals surface area contributed by atoms with Crippen molar-refractivity contribution in [1.29, 1.82) is 0 Å². The van der Waals surface area contributed by atoms with E-state index < -0.39 is 0 Å². The lowest BCUT2D eigenvalue weighted by Gasteiger charge is -2.31. The average Bonchev–Trinajstić information content (AvgIpc) is 2.53. The molecule has 6 heteroatoms. The molecule has 0 saturated carbocycles. The molecule has 1 heterocycles. The lowest BCUT2D eigenvalue weighted by Crippen LogP contribution is -2.44. The average molecular weight is 291 g/mol. The molecule has 0 aliphatic carbocycles. The number of piperidine rings is 1. The molecule has 1 aromatic rings. The van der Waals surface area contributed by atoms with Gasteiger partial charge in [-0.25, -0.2) is 4.79 Å². The third-order valence-electron chi connectivity index (χ3n) is 3.59. The summed E-state index contributed by atoms with van der Waals surface area (Å²) < 4.78 is 0. The monoisotopic (exact) mass is 291 g/mol. The highest BCUT2D eigenvalue weighted by Gasteiger charge is 2.27. The lowest BCUT2D eigenvalue weighted by molar-refractivity contribution is -0.126. The maximum absolute atomic E-state index is 12.1. The maximum Gasteiger partial charge on any atom is 0.321 e. The van der Waals surface area contributed by atoms with E-state index in [1.807, 2.05) is 30.3 Å². The highest BCUT2D eigenvalue weighted by Crippen LogP contribution is 2.18. The van der Waals surface area contributed by atoms with E-state index in [2.05, 4.69) is 10.6 Å². The molecule has 1 saturated heterocycles. The molecular weight excluding hydrogens is 270 g/mol. The van der Waals surface area contributed by atoms with Crippen molar-refractivity contribution in [3.63, 3.8) is 0 Å². The van der Waals surface area contributed by atoms with Crippen LogP contribution in [0.1, 0.15) is 12.8 Å². The first-order valence-corrected chi connectivity index (χ1v) is 7.20. The SMILES string of the molecule is O=C(NCCO)C1CCN(C(=O)Nc2ccccc2)CC1. The summed E-state index contributed by atoms with van der Waals surface area (Å²) in [5.74, 6) is -0.107. The number of rotatable bonds is 4. The summed E-state index contributed by atoms with van der Waals surface area (Å²) in [5.41, 5.74) is 0.769. The summed E-state index contributed by atoms with van der Waals surface area (Å²) in [5, 5.41) is 14.2. The Hall–Kier alpha value is -2.08. The van der Waals surface area contributed by atoms with E-state index in [1.165, 1.54) is 0 Å². The van der Waals surface area contributed by atoms with Gasteiger partial charge in [-0.05, 0) is 25.0 Å². The van der Waals surface area contributed by atoms with Crippen LogP contribution >= 0.6 is 0 Å². The van der Waals surface area contributed by atoms with Crippen molar-refractivity contribution >= 4 is 17.6 Å². The number of carbonyl (C=O) groups is 2. The van der Waals surface area contributed by atoms with Crippen LogP contribution in [-0.2, 0) is 4.79 Å². The molecule has 21 heavy (non-hydrogen) atoms. The summed E-state index contributed by atoms with van der Waals surface area (Å²) >= 11 is 0. The molecule has 1 aliphatic rings. The Balaban J connectivity index is 1.78. The number of urea groups is 1. The molecule has 0 spiro atoms. The van der Waals surface area contributed by atoms with Gasteiger partial charge < -0.3 is 20.6 Å². The minimum atomic E-state index is -0.129.